The molecule has 200 valence electrons. The summed E-state index contributed by atoms with van der Waals surface area (Å²) in [5.74, 6) is 5.42. The van der Waals surface area contributed by atoms with Crippen LogP contribution in [0.4, 0.5) is 0 Å². The van der Waals surface area contributed by atoms with Gasteiger partial charge in [-0.2, -0.15) is 0 Å². The van der Waals surface area contributed by atoms with E-state index in [4.69, 9.17) is 4.74 Å². The molecule has 0 bridgehead atoms. The van der Waals surface area contributed by atoms with E-state index in [1.807, 2.05) is 0 Å². The highest BCUT2D eigenvalue weighted by Gasteiger charge is 2.59. The molecule has 0 saturated heterocycles. The van der Waals surface area contributed by atoms with Crippen LogP contribution in [0.25, 0.3) is 0 Å². The fourth-order valence-corrected chi connectivity index (χ4v) is 9.36. The molecule has 2 nitrogen and oxygen atoms in total. The van der Waals surface area contributed by atoms with Gasteiger partial charge in [-0.05, 0) is 97.2 Å². The molecule has 9 atom stereocenters. The SMILES string of the molecule is CC(C)CCC[C@@H](C)[C@H]1CC[C@@H]2[C@@H]3CC=C4C[C@@H](OC(=O)[C@@H](Br)C(C)C)CC[C@]4(C)[C@@H]3CC[C@@]21C. The van der Waals surface area contributed by atoms with Gasteiger partial charge in [0, 0.05) is 6.42 Å². The Labute approximate surface area is 224 Å². The monoisotopic (exact) mass is 548 g/mol. The molecule has 3 heteroatoms. The Morgan fingerprint density at radius 2 is 1.77 bits per heavy atom. The average molecular weight is 550 g/mol. The van der Waals surface area contributed by atoms with Crippen LogP contribution < -0.4 is 0 Å². The first-order valence-electron chi connectivity index (χ1n) is 15.0. The molecule has 4 rings (SSSR count). The molecule has 0 spiro atoms. The average Bonchev–Trinajstić information content (AvgIpc) is 3.15. The van der Waals surface area contributed by atoms with Crippen molar-refractivity contribution in [3.05, 3.63) is 11.6 Å². The number of esters is 1. The first-order chi connectivity index (χ1) is 16.5. The quantitative estimate of drug-likeness (QED) is 0.171. The Morgan fingerprint density at radius 1 is 1.03 bits per heavy atom. The molecule has 0 heterocycles. The zero-order chi connectivity index (χ0) is 25.5. The Morgan fingerprint density at radius 3 is 2.46 bits per heavy atom. The number of carbonyl (C=O) groups is 1. The fourth-order valence-electron chi connectivity index (χ4n) is 9.25. The zero-order valence-electron chi connectivity index (χ0n) is 23.7. The van der Waals surface area contributed by atoms with Crippen LogP contribution in [0.15, 0.2) is 11.6 Å². The van der Waals surface area contributed by atoms with Gasteiger partial charge in [0.1, 0.15) is 10.9 Å². The van der Waals surface area contributed by atoms with Gasteiger partial charge >= 0.3 is 5.97 Å². The molecule has 0 unspecified atom stereocenters. The highest BCUT2D eigenvalue weighted by molar-refractivity contribution is 9.10. The van der Waals surface area contributed by atoms with Gasteiger partial charge in [0.05, 0.1) is 0 Å². The van der Waals surface area contributed by atoms with E-state index in [2.05, 4.69) is 70.5 Å². The smallest absolute Gasteiger partial charge is 0.320 e. The summed E-state index contributed by atoms with van der Waals surface area (Å²) >= 11 is 3.54. The van der Waals surface area contributed by atoms with Gasteiger partial charge in [-0.25, -0.2) is 0 Å². The molecule has 4 aliphatic rings. The highest BCUT2D eigenvalue weighted by atomic mass is 79.9. The maximum atomic E-state index is 12.6. The van der Waals surface area contributed by atoms with E-state index in [1.54, 1.807) is 5.57 Å². The van der Waals surface area contributed by atoms with Crippen LogP contribution in [-0.4, -0.2) is 16.9 Å². The topological polar surface area (TPSA) is 26.3 Å². The second-order valence-electron chi connectivity index (χ2n) is 14.2. The van der Waals surface area contributed by atoms with E-state index in [1.165, 1.54) is 57.8 Å². The van der Waals surface area contributed by atoms with Gasteiger partial charge in [0.25, 0.3) is 0 Å². The molecule has 0 aromatic rings. The molecule has 0 aliphatic heterocycles. The van der Waals surface area contributed by atoms with Crippen LogP contribution in [0.2, 0.25) is 0 Å². The lowest BCUT2D eigenvalue weighted by molar-refractivity contribution is -0.151. The van der Waals surface area contributed by atoms with Crippen LogP contribution in [0.5, 0.6) is 0 Å². The number of ether oxygens (including phenoxy) is 1. The third-order valence-electron chi connectivity index (χ3n) is 11.4. The van der Waals surface area contributed by atoms with Crippen molar-refractivity contribution in [2.24, 2.45) is 52.3 Å². The Kier molecular flexibility index (Phi) is 8.57. The van der Waals surface area contributed by atoms with E-state index < -0.39 is 0 Å². The number of rotatable bonds is 8. The summed E-state index contributed by atoms with van der Waals surface area (Å²) in [6.07, 6.45) is 17.1. The van der Waals surface area contributed by atoms with Gasteiger partial charge in [0.15, 0.2) is 0 Å². The van der Waals surface area contributed by atoms with Gasteiger partial charge in [-0.1, -0.05) is 95.3 Å². The van der Waals surface area contributed by atoms with E-state index in [-0.39, 0.29) is 22.8 Å². The van der Waals surface area contributed by atoms with Crippen LogP contribution in [0, 0.1) is 52.3 Å². The van der Waals surface area contributed by atoms with Gasteiger partial charge < -0.3 is 4.74 Å². The van der Waals surface area contributed by atoms with Crippen molar-refractivity contribution in [3.63, 3.8) is 0 Å². The van der Waals surface area contributed by atoms with Gasteiger partial charge in [0.2, 0.25) is 0 Å². The maximum Gasteiger partial charge on any atom is 0.320 e. The molecule has 4 aliphatic carbocycles. The predicted molar refractivity (Wildman–Crippen MR) is 150 cm³/mol. The Balaban J connectivity index is 1.43. The van der Waals surface area contributed by atoms with Crippen LogP contribution in [0.3, 0.4) is 0 Å². The summed E-state index contributed by atoms with van der Waals surface area (Å²) in [5.41, 5.74) is 2.48. The molecule has 0 N–H and O–H groups in total. The molecule has 3 saturated carbocycles. The minimum Gasteiger partial charge on any atom is -0.461 e. The summed E-state index contributed by atoms with van der Waals surface area (Å²) in [6, 6.07) is 0. The first-order valence-corrected chi connectivity index (χ1v) is 15.9. The van der Waals surface area contributed by atoms with Crippen molar-refractivity contribution in [2.45, 2.75) is 130 Å². The Hall–Kier alpha value is -0.310. The van der Waals surface area contributed by atoms with Gasteiger partial charge in [-0.3, -0.25) is 4.79 Å². The minimum absolute atomic E-state index is 0.0635. The number of fused-ring (bicyclic) bond motifs is 5. The standard InChI is InChI=1S/C32H53BrO2/c1-20(2)9-8-10-22(5)26-13-14-27-25-12-11-23-19-24(35-30(34)29(33)21(3)4)15-17-31(23,6)28(25)16-18-32(26,27)7/h11,20-22,24-29H,8-10,12-19H2,1-7H3/t22-,24+,25+,26-,27-,28-,29+,31+,32-/m1/s1. The fraction of sp³-hybridized carbons (Fsp3) is 0.906. The summed E-state index contributed by atoms with van der Waals surface area (Å²) in [5, 5.41) is 0. The molecule has 0 radical (unpaired) electrons. The van der Waals surface area contributed by atoms with Crippen LogP contribution >= 0.6 is 15.9 Å². The lowest BCUT2D eigenvalue weighted by Crippen LogP contribution is -2.51. The normalized spacial score (nSPS) is 40.5. The highest BCUT2D eigenvalue weighted by Crippen LogP contribution is 2.67. The number of alkyl halides is 1. The Bertz CT molecular complexity index is 786. The predicted octanol–water partition coefficient (Wildman–Crippen LogP) is 9.36. The molecule has 0 aromatic heterocycles. The number of hydrogen-bond donors (Lipinski definition) is 0. The summed E-state index contributed by atoms with van der Waals surface area (Å²) < 4.78 is 5.99. The van der Waals surface area contributed by atoms with E-state index in [9.17, 15) is 4.79 Å². The molecular formula is C32H53BrO2. The largest absolute Gasteiger partial charge is 0.461 e. The zero-order valence-corrected chi connectivity index (χ0v) is 25.3. The van der Waals surface area contributed by atoms with E-state index in [0.29, 0.717) is 10.8 Å². The van der Waals surface area contributed by atoms with E-state index >= 15 is 0 Å². The lowest BCUT2D eigenvalue weighted by Gasteiger charge is -2.58. The summed E-state index contributed by atoms with van der Waals surface area (Å²) in [7, 11) is 0. The maximum absolute atomic E-state index is 12.6. The first kappa shape index (κ1) is 27.7. The van der Waals surface area contributed by atoms with E-state index in [0.717, 1.165) is 48.3 Å². The second kappa shape index (κ2) is 10.8. The number of hydrogen-bond acceptors (Lipinski definition) is 2. The van der Waals surface area contributed by atoms with Gasteiger partial charge in [-0.15, -0.1) is 0 Å². The second-order valence-corrected chi connectivity index (χ2v) is 15.2. The molecule has 35 heavy (non-hydrogen) atoms. The number of halogens is 1. The van der Waals surface area contributed by atoms with Crippen molar-refractivity contribution < 1.29 is 9.53 Å². The van der Waals surface area contributed by atoms with Crippen molar-refractivity contribution in [1.82, 2.24) is 0 Å². The third-order valence-corrected chi connectivity index (χ3v) is 12.8. The van der Waals surface area contributed by atoms with Crippen molar-refractivity contribution in [3.8, 4) is 0 Å². The third kappa shape index (κ3) is 5.33. The summed E-state index contributed by atoms with van der Waals surface area (Å²) in [6.45, 7) is 16.7. The van der Waals surface area contributed by atoms with Crippen LogP contribution in [-0.2, 0) is 9.53 Å². The van der Waals surface area contributed by atoms with Crippen molar-refractivity contribution in [1.29, 1.82) is 0 Å². The molecule has 0 amide bonds. The number of carbonyl (C=O) groups excluding carboxylic acids is 1. The van der Waals surface area contributed by atoms with Crippen molar-refractivity contribution >= 4 is 21.9 Å². The summed E-state index contributed by atoms with van der Waals surface area (Å²) in [4.78, 5) is 12.4. The molecular weight excluding hydrogens is 496 g/mol. The van der Waals surface area contributed by atoms with Crippen molar-refractivity contribution in [2.75, 3.05) is 0 Å². The molecule has 0 aromatic carbocycles. The molecule has 3 fully saturated rings. The lowest BCUT2D eigenvalue weighted by atomic mass is 9.47. The number of allylic oxidation sites excluding steroid dienone is 1. The minimum atomic E-state index is -0.195. The van der Waals surface area contributed by atoms with Crippen LogP contribution in [0.1, 0.15) is 119 Å².